The van der Waals surface area contributed by atoms with Gasteiger partial charge in [-0.2, -0.15) is 11.8 Å². The lowest BCUT2D eigenvalue weighted by Crippen LogP contribution is -2.35. The maximum absolute atomic E-state index is 12.1. The van der Waals surface area contributed by atoms with E-state index in [2.05, 4.69) is 10.3 Å². The molecular weight excluding hydrogens is 314 g/mol. The summed E-state index contributed by atoms with van der Waals surface area (Å²) in [5.74, 6) is 1.15. The Kier molecular flexibility index (Phi) is 5.17. The largest absolute Gasteiger partial charge is 0.376 e. The molecule has 0 spiro atoms. The van der Waals surface area contributed by atoms with Crippen LogP contribution in [-0.4, -0.2) is 66.1 Å². The minimum absolute atomic E-state index is 0.112. The van der Waals surface area contributed by atoms with Crippen molar-refractivity contribution in [3.63, 3.8) is 0 Å². The molecule has 0 aromatic carbocycles. The van der Waals surface area contributed by atoms with Gasteiger partial charge < -0.3 is 15.0 Å². The molecule has 2 fully saturated rings. The van der Waals surface area contributed by atoms with Gasteiger partial charge in [-0.3, -0.25) is 14.6 Å². The normalized spacial score (nSPS) is 26.1. The van der Waals surface area contributed by atoms with E-state index < -0.39 is 0 Å². The molecule has 124 valence electrons. The van der Waals surface area contributed by atoms with Gasteiger partial charge in [0, 0.05) is 43.9 Å². The number of fused-ring (bicyclic) bond motifs is 1. The van der Waals surface area contributed by atoms with Crippen molar-refractivity contribution in [2.45, 2.75) is 6.10 Å². The van der Waals surface area contributed by atoms with Gasteiger partial charge in [0.15, 0.2) is 0 Å². The molecule has 1 aromatic heterocycles. The number of likely N-dealkylation sites (tertiary alicyclic amines) is 1. The fourth-order valence-corrected chi connectivity index (χ4v) is 3.68. The number of thioether (sulfide) groups is 1. The van der Waals surface area contributed by atoms with Crippen LogP contribution < -0.4 is 5.32 Å². The number of pyridine rings is 1. The van der Waals surface area contributed by atoms with Crippen molar-refractivity contribution in [1.29, 1.82) is 0 Å². The Bertz CT molecular complexity index is 569. The molecule has 7 heteroatoms. The summed E-state index contributed by atoms with van der Waals surface area (Å²) in [5.41, 5.74) is 0.561. The molecule has 2 amide bonds. The predicted molar refractivity (Wildman–Crippen MR) is 88.3 cm³/mol. The summed E-state index contributed by atoms with van der Waals surface area (Å²) in [4.78, 5) is 29.9. The second-order valence-electron chi connectivity index (χ2n) is 5.98. The van der Waals surface area contributed by atoms with Crippen LogP contribution in [0.25, 0.3) is 0 Å². The summed E-state index contributed by atoms with van der Waals surface area (Å²) >= 11 is 1.54. The smallest absolute Gasteiger partial charge is 0.252 e. The highest BCUT2D eigenvalue weighted by atomic mass is 32.2. The fourth-order valence-electron chi connectivity index (χ4n) is 3.25. The molecule has 3 heterocycles. The third kappa shape index (κ3) is 3.67. The summed E-state index contributed by atoms with van der Waals surface area (Å²) in [6.07, 6.45) is 5.25. The van der Waals surface area contributed by atoms with E-state index in [1.807, 2.05) is 11.2 Å². The molecule has 1 N–H and O–H groups in total. The standard InChI is InChI=1S/C16H21N3O3S/c1-23-10-15(20)19-7-13-12(9-22-14(13)8-19)6-18-16(21)11-3-2-4-17-5-11/h2-5,12-14H,6-10H2,1H3,(H,18,21)/t12-,13+,14+/m0/s1. The molecule has 0 saturated carbocycles. The minimum atomic E-state index is -0.116. The average Bonchev–Trinajstić information content (AvgIpc) is 3.14. The number of hydrogen-bond acceptors (Lipinski definition) is 5. The summed E-state index contributed by atoms with van der Waals surface area (Å²) in [5, 5.41) is 2.96. The molecular formula is C16H21N3O3S. The van der Waals surface area contributed by atoms with Crippen LogP contribution in [0.5, 0.6) is 0 Å². The van der Waals surface area contributed by atoms with Gasteiger partial charge in [-0.05, 0) is 18.4 Å². The second-order valence-corrected chi connectivity index (χ2v) is 6.85. The quantitative estimate of drug-likeness (QED) is 0.855. The molecule has 0 radical (unpaired) electrons. The van der Waals surface area contributed by atoms with E-state index in [1.165, 1.54) is 0 Å². The van der Waals surface area contributed by atoms with Gasteiger partial charge in [0.2, 0.25) is 5.91 Å². The molecule has 2 aliphatic rings. The molecule has 0 aliphatic carbocycles. The van der Waals surface area contributed by atoms with E-state index in [0.29, 0.717) is 36.9 Å². The molecule has 3 rings (SSSR count). The summed E-state index contributed by atoms with van der Waals surface area (Å²) in [6, 6.07) is 3.49. The van der Waals surface area contributed by atoms with Crippen LogP contribution in [0.15, 0.2) is 24.5 Å². The lowest BCUT2D eigenvalue weighted by Gasteiger charge is -2.20. The number of ether oxygens (including phenoxy) is 1. The van der Waals surface area contributed by atoms with Crippen LogP contribution in [0, 0.1) is 11.8 Å². The summed E-state index contributed by atoms with van der Waals surface area (Å²) in [7, 11) is 0. The number of amides is 2. The summed E-state index contributed by atoms with van der Waals surface area (Å²) < 4.78 is 5.82. The van der Waals surface area contributed by atoms with Crippen LogP contribution >= 0.6 is 11.8 Å². The Hall–Kier alpha value is -1.60. The predicted octanol–water partition coefficient (Wildman–Crippen LogP) is 0.648. The van der Waals surface area contributed by atoms with E-state index in [4.69, 9.17) is 4.74 Å². The van der Waals surface area contributed by atoms with Crippen molar-refractivity contribution < 1.29 is 14.3 Å². The minimum Gasteiger partial charge on any atom is -0.376 e. The van der Waals surface area contributed by atoms with Crippen LogP contribution in [0.1, 0.15) is 10.4 Å². The third-order valence-electron chi connectivity index (χ3n) is 4.51. The van der Waals surface area contributed by atoms with Gasteiger partial charge >= 0.3 is 0 Å². The van der Waals surface area contributed by atoms with Gasteiger partial charge in [0.05, 0.1) is 24.0 Å². The molecule has 6 nitrogen and oxygen atoms in total. The zero-order valence-corrected chi connectivity index (χ0v) is 13.9. The number of aromatic nitrogens is 1. The van der Waals surface area contributed by atoms with Gasteiger partial charge in [0.1, 0.15) is 0 Å². The Morgan fingerprint density at radius 2 is 2.35 bits per heavy atom. The maximum Gasteiger partial charge on any atom is 0.252 e. The van der Waals surface area contributed by atoms with Crippen molar-refractivity contribution in [1.82, 2.24) is 15.2 Å². The van der Waals surface area contributed by atoms with E-state index in [1.54, 1.807) is 36.3 Å². The molecule has 3 atom stereocenters. The Labute approximate surface area is 140 Å². The van der Waals surface area contributed by atoms with Crippen LogP contribution in [0.2, 0.25) is 0 Å². The van der Waals surface area contributed by atoms with Gasteiger partial charge in [-0.25, -0.2) is 0 Å². The van der Waals surface area contributed by atoms with E-state index in [9.17, 15) is 9.59 Å². The number of carbonyl (C=O) groups excluding carboxylic acids is 2. The van der Waals surface area contributed by atoms with Gasteiger partial charge in [-0.15, -0.1) is 0 Å². The highest BCUT2D eigenvalue weighted by Gasteiger charge is 2.44. The van der Waals surface area contributed by atoms with Crippen LogP contribution in [0.4, 0.5) is 0 Å². The van der Waals surface area contributed by atoms with Crippen molar-refractivity contribution in [3.8, 4) is 0 Å². The van der Waals surface area contributed by atoms with Crippen molar-refractivity contribution in [3.05, 3.63) is 30.1 Å². The molecule has 23 heavy (non-hydrogen) atoms. The van der Waals surface area contributed by atoms with Crippen molar-refractivity contribution in [2.24, 2.45) is 11.8 Å². The molecule has 0 bridgehead atoms. The lowest BCUT2D eigenvalue weighted by molar-refractivity contribution is -0.128. The average molecular weight is 335 g/mol. The zero-order valence-electron chi connectivity index (χ0n) is 13.1. The molecule has 2 aliphatic heterocycles. The molecule has 0 unspecified atom stereocenters. The van der Waals surface area contributed by atoms with E-state index >= 15 is 0 Å². The molecule has 1 aromatic rings. The number of rotatable bonds is 5. The number of carbonyl (C=O) groups is 2. The highest BCUT2D eigenvalue weighted by Crippen LogP contribution is 2.33. The van der Waals surface area contributed by atoms with E-state index in [-0.39, 0.29) is 23.8 Å². The maximum atomic E-state index is 12.1. The number of nitrogens with one attached hydrogen (secondary N) is 1. The van der Waals surface area contributed by atoms with Crippen LogP contribution in [-0.2, 0) is 9.53 Å². The third-order valence-corrected chi connectivity index (χ3v) is 5.04. The number of nitrogens with zero attached hydrogens (tertiary/aromatic N) is 2. The van der Waals surface area contributed by atoms with Crippen molar-refractivity contribution in [2.75, 3.05) is 38.2 Å². The topological polar surface area (TPSA) is 71.5 Å². The van der Waals surface area contributed by atoms with Crippen LogP contribution in [0.3, 0.4) is 0 Å². The van der Waals surface area contributed by atoms with Crippen molar-refractivity contribution >= 4 is 23.6 Å². The monoisotopic (exact) mass is 335 g/mol. The molecule has 2 saturated heterocycles. The first-order valence-corrected chi connectivity index (χ1v) is 9.15. The van der Waals surface area contributed by atoms with E-state index in [0.717, 1.165) is 6.54 Å². The first-order chi connectivity index (χ1) is 11.2. The highest BCUT2D eigenvalue weighted by molar-refractivity contribution is 7.99. The Balaban J connectivity index is 1.52. The second kappa shape index (κ2) is 7.31. The Morgan fingerprint density at radius 1 is 1.48 bits per heavy atom. The first-order valence-electron chi connectivity index (χ1n) is 7.75. The lowest BCUT2D eigenvalue weighted by atomic mass is 9.93. The first kappa shape index (κ1) is 16.3. The Morgan fingerprint density at radius 3 is 3.09 bits per heavy atom. The van der Waals surface area contributed by atoms with Gasteiger partial charge in [0.25, 0.3) is 5.91 Å². The number of hydrogen-bond donors (Lipinski definition) is 1. The SMILES string of the molecule is CSCC(=O)N1C[C@@H]2[C@@H](CNC(=O)c3cccnc3)CO[C@@H]2C1. The van der Waals surface area contributed by atoms with Gasteiger partial charge in [-0.1, -0.05) is 0 Å². The zero-order chi connectivity index (χ0) is 16.2. The fraction of sp³-hybridized carbons (Fsp3) is 0.562. The summed E-state index contributed by atoms with van der Waals surface area (Å²) in [6.45, 7) is 2.63.